The summed E-state index contributed by atoms with van der Waals surface area (Å²) >= 11 is 0. The van der Waals surface area contributed by atoms with Crippen molar-refractivity contribution in [3.8, 4) is 22.3 Å². The van der Waals surface area contributed by atoms with Crippen LogP contribution in [-0.4, -0.2) is 0 Å². The van der Waals surface area contributed by atoms with Crippen molar-refractivity contribution in [2.45, 2.75) is 51.4 Å². The smallest absolute Gasteiger partial charge is 0.0174 e. The van der Waals surface area contributed by atoms with Crippen LogP contribution in [0.25, 0.3) is 22.3 Å². The van der Waals surface area contributed by atoms with Gasteiger partial charge >= 0.3 is 0 Å². The van der Waals surface area contributed by atoms with E-state index in [1.807, 2.05) is 0 Å². The predicted octanol–water partition coefficient (Wildman–Crippen LogP) is 9.30. The van der Waals surface area contributed by atoms with Gasteiger partial charge in [-0.2, -0.15) is 0 Å². The first-order chi connectivity index (χ1) is 15.7. The number of benzene rings is 4. The van der Waals surface area contributed by atoms with Gasteiger partial charge in [-0.15, -0.1) is 0 Å². The van der Waals surface area contributed by atoms with Gasteiger partial charge in [-0.05, 0) is 39.8 Å². The molecule has 0 radical (unpaired) electrons. The zero-order valence-corrected chi connectivity index (χ0v) is 19.4. The van der Waals surface area contributed by atoms with Gasteiger partial charge in [0, 0.05) is 5.41 Å². The molecule has 0 aliphatic carbocycles. The molecule has 0 amide bonds. The van der Waals surface area contributed by atoms with E-state index >= 15 is 0 Å². The molecule has 0 aliphatic heterocycles. The van der Waals surface area contributed by atoms with E-state index in [4.69, 9.17) is 0 Å². The Bertz CT molecular complexity index is 991. The maximum Gasteiger partial charge on any atom is 0.0174 e. The zero-order valence-electron chi connectivity index (χ0n) is 19.4. The molecule has 4 rings (SSSR count). The number of hydrogen-bond acceptors (Lipinski definition) is 0. The monoisotopic (exact) mass is 418 g/mol. The minimum absolute atomic E-state index is 0.0121. The van der Waals surface area contributed by atoms with Gasteiger partial charge in [0.2, 0.25) is 0 Å². The predicted molar refractivity (Wildman–Crippen MR) is 139 cm³/mol. The Morgan fingerprint density at radius 3 is 1.28 bits per heavy atom. The van der Waals surface area contributed by atoms with Gasteiger partial charge in [0.1, 0.15) is 0 Å². The summed E-state index contributed by atoms with van der Waals surface area (Å²) in [6.07, 6.45) is 6.31. The van der Waals surface area contributed by atoms with Crippen molar-refractivity contribution in [1.29, 1.82) is 0 Å². The van der Waals surface area contributed by atoms with Crippen LogP contribution in [0.2, 0.25) is 0 Å². The molecule has 0 N–H and O–H groups in total. The summed E-state index contributed by atoms with van der Waals surface area (Å²) in [4.78, 5) is 0. The average molecular weight is 419 g/mol. The molecule has 4 aromatic carbocycles. The third kappa shape index (κ3) is 5.02. The molecule has 0 aliphatic rings. The molecule has 0 heterocycles. The zero-order chi connectivity index (χ0) is 22.2. The molecule has 0 saturated heterocycles. The molecular weight excluding hydrogens is 384 g/mol. The summed E-state index contributed by atoms with van der Waals surface area (Å²) in [5.41, 5.74) is 7.93. The highest BCUT2D eigenvalue weighted by molar-refractivity contribution is 5.65. The van der Waals surface area contributed by atoms with Crippen LogP contribution in [-0.2, 0) is 5.41 Å². The Hall–Kier alpha value is -3.12. The van der Waals surface area contributed by atoms with Crippen molar-refractivity contribution >= 4 is 0 Å². The minimum Gasteiger partial charge on any atom is -0.0654 e. The Morgan fingerprint density at radius 2 is 0.875 bits per heavy atom. The van der Waals surface area contributed by atoms with Gasteiger partial charge < -0.3 is 0 Å². The number of hydrogen-bond donors (Lipinski definition) is 0. The summed E-state index contributed by atoms with van der Waals surface area (Å²) in [5.74, 6) is 0. The van der Waals surface area contributed by atoms with Crippen LogP contribution in [0.4, 0.5) is 0 Å². The second-order valence-corrected chi connectivity index (χ2v) is 9.03. The third-order valence-electron chi connectivity index (χ3n) is 6.79. The maximum absolute atomic E-state index is 2.42. The Labute approximate surface area is 194 Å². The second kappa shape index (κ2) is 10.5. The van der Waals surface area contributed by atoms with E-state index in [9.17, 15) is 0 Å². The van der Waals surface area contributed by atoms with Gasteiger partial charge in [-0.1, -0.05) is 149 Å². The van der Waals surface area contributed by atoms with Crippen LogP contribution >= 0.6 is 0 Å². The normalized spacial score (nSPS) is 11.4. The molecule has 162 valence electrons. The van der Waals surface area contributed by atoms with E-state index in [1.165, 1.54) is 65.5 Å². The summed E-state index contributed by atoms with van der Waals surface area (Å²) in [6.45, 7) is 4.71. The highest BCUT2D eigenvalue weighted by atomic mass is 14.3. The van der Waals surface area contributed by atoms with Crippen molar-refractivity contribution in [3.63, 3.8) is 0 Å². The van der Waals surface area contributed by atoms with Gasteiger partial charge in [0.15, 0.2) is 0 Å². The lowest BCUT2D eigenvalue weighted by molar-refractivity contribution is 0.478. The first-order valence-electron chi connectivity index (χ1n) is 12.0. The quantitative estimate of drug-likeness (QED) is 0.238. The van der Waals surface area contributed by atoms with Crippen LogP contribution in [0.1, 0.15) is 57.1 Å². The molecule has 0 unspecified atom stereocenters. The van der Waals surface area contributed by atoms with Crippen LogP contribution in [0.15, 0.2) is 109 Å². The van der Waals surface area contributed by atoms with Crippen LogP contribution in [0.5, 0.6) is 0 Å². The van der Waals surface area contributed by atoms with Crippen molar-refractivity contribution in [2.75, 3.05) is 0 Å². The largest absolute Gasteiger partial charge is 0.0654 e. The molecule has 0 saturated carbocycles. The van der Waals surface area contributed by atoms with Crippen LogP contribution in [0, 0.1) is 0 Å². The lowest BCUT2D eigenvalue weighted by Gasteiger charge is -2.32. The van der Waals surface area contributed by atoms with E-state index in [1.54, 1.807) is 0 Å². The number of rotatable bonds is 9. The molecule has 0 nitrogen and oxygen atoms in total. The van der Waals surface area contributed by atoms with E-state index in [-0.39, 0.29) is 5.41 Å². The highest BCUT2D eigenvalue weighted by Crippen LogP contribution is 2.38. The van der Waals surface area contributed by atoms with Crippen LogP contribution < -0.4 is 0 Å². The van der Waals surface area contributed by atoms with E-state index < -0.39 is 0 Å². The van der Waals surface area contributed by atoms with Gasteiger partial charge in [-0.3, -0.25) is 0 Å². The van der Waals surface area contributed by atoms with Crippen molar-refractivity contribution < 1.29 is 0 Å². The molecule has 0 aromatic heterocycles. The Morgan fingerprint density at radius 1 is 0.469 bits per heavy atom. The lowest BCUT2D eigenvalue weighted by Crippen LogP contribution is -2.23. The average Bonchev–Trinajstić information content (AvgIpc) is 2.88. The fourth-order valence-electron chi connectivity index (χ4n) is 4.68. The van der Waals surface area contributed by atoms with E-state index in [0.29, 0.717) is 0 Å². The fourth-order valence-corrected chi connectivity index (χ4v) is 4.68. The first-order valence-corrected chi connectivity index (χ1v) is 12.0. The lowest BCUT2D eigenvalue weighted by atomic mass is 9.72. The second-order valence-electron chi connectivity index (χ2n) is 9.03. The van der Waals surface area contributed by atoms with Crippen molar-refractivity contribution in [3.05, 3.63) is 120 Å². The molecule has 0 fully saturated rings. The summed E-state index contributed by atoms with van der Waals surface area (Å²) in [7, 11) is 0. The highest BCUT2D eigenvalue weighted by Gasteiger charge is 2.28. The molecule has 4 aromatic rings. The van der Waals surface area contributed by atoms with Crippen LogP contribution in [0.3, 0.4) is 0 Å². The minimum atomic E-state index is 0.0121. The standard InChI is InChI=1S/C32H34/c1-3-4-5-12-25-32(2,30-21-17-28(18-22-30)26-13-8-6-9-14-26)31-23-19-29(20-24-31)27-15-10-7-11-16-27/h6-11,13-24H,3-5,12,25H2,1-2H3. The van der Waals surface area contributed by atoms with E-state index in [2.05, 4.69) is 123 Å². The molecule has 0 atom stereocenters. The van der Waals surface area contributed by atoms with Crippen molar-refractivity contribution in [2.24, 2.45) is 0 Å². The SMILES string of the molecule is CCCCCCC(C)(c1ccc(-c2ccccc2)cc1)c1ccc(-c2ccccc2)cc1. The molecule has 0 bridgehead atoms. The maximum atomic E-state index is 2.42. The summed E-state index contributed by atoms with van der Waals surface area (Å²) < 4.78 is 0. The van der Waals surface area contributed by atoms with Gasteiger partial charge in [-0.25, -0.2) is 0 Å². The molecule has 0 spiro atoms. The third-order valence-corrected chi connectivity index (χ3v) is 6.79. The van der Waals surface area contributed by atoms with E-state index in [0.717, 1.165) is 0 Å². The topological polar surface area (TPSA) is 0 Å². The number of unbranched alkanes of at least 4 members (excludes halogenated alkanes) is 3. The van der Waals surface area contributed by atoms with Gasteiger partial charge in [0.25, 0.3) is 0 Å². The summed E-state index contributed by atoms with van der Waals surface area (Å²) in [5, 5.41) is 0. The Kier molecular flexibility index (Phi) is 7.22. The van der Waals surface area contributed by atoms with Gasteiger partial charge in [0.05, 0.1) is 0 Å². The Balaban J connectivity index is 1.64. The fraction of sp³-hybridized carbons (Fsp3) is 0.250. The molecule has 0 heteroatoms. The first kappa shape index (κ1) is 22.1. The molecular formula is C32H34. The molecule has 32 heavy (non-hydrogen) atoms. The summed E-state index contributed by atoms with van der Waals surface area (Å²) in [6, 6.07) is 39.8. The van der Waals surface area contributed by atoms with Crippen molar-refractivity contribution in [1.82, 2.24) is 0 Å².